The van der Waals surface area contributed by atoms with Crippen LogP contribution in [0.4, 0.5) is 4.39 Å². The van der Waals surface area contributed by atoms with Crippen LogP contribution < -0.4 is 10.1 Å². The normalized spacial score (nSPS) is 12.3. The molecule has 20 heavy (non-hydrogen) atoms. The van der Waals surface area contributed by atoms with Gasteiger partial charge in [0.15, 0.2) is 0 Å². The maximum atomic E-state index is 13.3. The minimum atomic E-state index is -0.965. The smallest absolute Gasteiger partial charge is 0.310 e. The molecule has 0 heterocycles. The van der Waals surface area contributed by atoms with Gasteiger partial charge < -0.3 is 15.2 Å². The minimum absolute atomic E-state index is 0.324. The summed E-state index contributed by atoms with van der Waals surface area (Å²) in [6, 6.07) is 4.27. The summed E-state index contributed by atoms with van der Waals surface area (Å²) >= 11 is 0. The van der Waals surface area contributed by atoms with Crippen LogP contribution in [-0.4, -0.2) is 23.7 Å². The fourth-order valence-corrected chi connectivity index (χ4v) is 1.69. The molecule has 0 unspecified atom stereocenters. The highest BCUT2D eigenvalue weighted by Crippen LogP contribution is 2.31. The van der Waals surface area contributed by atoms with E-state index >= 15 is 0 Å². The first-order chi connectivity index (χ1) is 9.11. The fraction of sp³-hybridized carbons (Fsp3) is 0.533. The molecule has 1 rings (SSSR count). The van der Waals surface area contributed by atoms with Crippen LogP contribution in [0.3, 0.4) is 0 Å². The maximum Gasteiger partial charge on any atom is 0.310 e. The molecule has 0 bridgehead atoms. The first kappa shape index (κ1) is 16.4. The lowest BCUT2D eigenvalue weighted by molar-refractivity contribution is -0.151. The highest BCUT2D eigenvalue weighted by atomic mass is 19.1. The number of hydrogen-bond donors (Lipinski definition) is 2. The van der Waals surface area contributed by atoms with E-state index in [0.29, 0.717) is 17.9 Å². The van der Waals surface area contributed by atoms with Crippen LogP contribution in [0.25, 0.3) is 0 Å². The molecule has 0 saturated carbocycles. The van der Waals surface area contributed by atoms with Crippen LogP contribution in [0.15, 0.2) is 18.2 Å². The predicted molar refractivity (Wildman–Crippen MR) is 75.3 cm³/mol. The number of carboxylic acid groups (broad SMARTS) is 1. The lowest BCUT2D eigenvalue weighted by Crippen LogP contribution is -2.54. The number of carboxylic acids is 1. The van der Waals surface area contributed by atoms with Gasteiger partial charge in [-0.2, -0.15) is 0 Å². The number of rotatable bonds is 6. The number of hydrogen-bond acceptors (Lipinski definition) is 3. The van der Waals surface area contributed by atoms with Crippen molar-refractivity contribution in [1.29, 1.82) is 0 Å². The first-order valence-corrected chi connectivity index (χ1v) is 6.42. The van der Waals surface area contributed by atoms with Gasteiger partial charge in [0.2, 0.25) is 0 Å². The standard InChI is InChI=1S/C15H22FNO3/c1-14(2,13(18)19)15(3,4)17-9-10-8-11(16)6-7-12(10)20-5/h6-8,17H,9H2,1-5H3,(H,18,19). The summed E-state index contributed by atoms with van der Waals surface area (Å²) < 4.78 is 18.5. The van der Waals surface area contributed by atoms with Crippen LogP contribution in [0.1, 0.15) is 33.3 Å². The van der Waals surface area contributed by atoms with Gasteiger partial charge in [0.05, 0.1) is 12.5 Å². The molecule has 0 aliphatic carbocycles. The Morgan fingerprint density at radius 1 is 1.35 bits per heavy atom. The molecule has 2 N–H and O–H groups in total. The summed E-state index contributed by atoms with van der Waals surface area (Å²) in [5.41, 5.74) is -0.981. The van der Waals surface area contributed by atoms with Crippen LogP contribution in [-0.2, 0) is 11.3 Å². The molecule has 0 spiro atoms. The van der Waals surface area contributed by atoms with Crippen LogP contribution in [0.2, 0.25) is 0 Å². The van der Waals surface area contributed by atoms with Gasteiger partial charge in [-0.05, 0) is 45.9 Å². The predicted octanol–water partition coefficient (Wildman–Crippen LogP) is 2.81. The third kappa shape index (κ3) is 3.28. The Morgan fingerprint density at radius 2 is 1.95 bits per heavy atom. The van der Waals surface area contributed by atoms with Gasteiger partial charge in [-0.1, -0.05) is 0 Å². The van der Waals surface area contributed by atoms with Crippen molar-refractivity contribution in [2.75, 3.05) is 7.11 Å². The Kier molecular flexibility index (Phi) is 4.76. The third-order valence-corrected chi connectivity index (χ3v) is 4.06. The molecule has 0 fully saturated rings. The van der Waals surface area contributed by atoms with E-state index in [1.165, 1.54) is 19.2 Å². The van der Waals surface area contributed by atoms with Crippen LogP contribution in [0, 0.1) is 11.2 Å². The van der Waals surface area contributed by atoms with Crippen molar-refractivity contribution in [3.8, 4) is 5.75 Å². The van der Waals surface area contributed by atoms with E-state index in [2.05, 4.69) is 5.32 Å². The van der Waals surface area contributed by atoms with Gasteiger partial charge in [0.1, 0.15) is 11.6 Å². The Bertz CT molecular complexity index is 498. The molecule has 0 radical (unpaired) electrons. The number of aliphatic carboxylic acids is 1. The SMILES string of the molecule is COc1ccc(F)cc1CNC(C)(C)C(C)(C)C(=O)O. The molecule has 0 saturated heterocycles. The van der Waals surface area contributed by atoms with Crippen molar-refractivity contribution >= 4 is 5.97 Å². The zero-order valence-corrected chi connectivity index (χ0v) is 12.6. The largest absolute Gasteiger partial charge is 0.496 e. The highest BCUT2D eigenvalue weighted by molar-refractivity contribution is 5.75. The second-order valence-corrected chi connectivity index (χ2v) is 5.86. The van der Waals surface area contributed by atoms with Crippen molar-refractivity contribution in [2.24, 2.45) is 5.41 Å². The molecule has 4 nitrogen and oxygen atoms in total. The summed E-state index contributed by atoms with van der Waals surface area (Å²) in [5.74, 6) is -0.665. The zero-order valence-electron chi connectivity index (χ0n) is 12.6. The highest BCUT2D eigenvalue weighted by Gasteiger charge is 2.43. The lowest BCUT2D eigenvalue weighted by Gasteiger charge is -2.39. The Hall–Kier alpha value is -1.62. The van der Waals surface area contributed by atoms with Gasteiger partial charge in [-0.15, -0.1) is 0 Å². The third-order valence-electron chi connectivity index (χ3n) is 4.06. The van der Waals surface area contributed by atoms with Gasteiger partial charge in [-0.3, -0.25) is 4.79 Å². The number of halogens is 1. The minimum Gasteiger partial charge on any atom is -0.496 e. The number of carbonyl (C=O) groups is 1. The average molecular weight is 283 g/mol. The van der Waals surface area contributed by atoms with E-state index in [1.807, 2.05) is 13.8 Å². The van der Waals surface area contributed by atoms with Crippen molar-refractivity contribution in [3.63, 3.8) is 0 Å². The van der Waals surface area contributed by atoms with E-state index in [-0.39, 0.29) is 5.82 Å². The molecule has 0 atom stereocenters. The molecule has 1 aromatic carbocycles. The molecule has 0 amide bonds. The van der Waals surface area contributed by atoms with E-state index in [4.69, 9.17) is 4.74 Å². The van der Waals surface area contributed by atoms with Crippen molar-refractivity contribution < 1.29 is 19.0 Å². The summed E-state index contributed by atoms with van der Waals surface area (Å²) in [7, 11) is 1.52. The Labute approximate surface area is 119 Å². The van der Waals surface area contributed by atoms with E-state index < -0.39 is 16.9 Å². The van der Waals surface area contributed by atoms with E-state index in [0.717, 1.165) is 0 Å². The number of benzene rings is 1. The molecular weight excluding hydrogens is 261 g/mol. The molecule has 0 aromatic heterocycles. The Balaban J connectivity index is 2.91. The topological polar surface area (TPSA) is 58.6 Å². The van der Waals surface area contributed by atoms with Crippen LogP contribution in [0.5, 0.6) is 5.75 Å². The van der Waals surface area contributed by atoms with Crippen molar-refractivity contribution in [3.05, 3.63) is 29.6 Å². The maximum absolute atomic E-state index is 13.3. The molecule has 0 aliphatic rings. The summed E-state index contributed by atoms with van der Waals surface area (Å²) in [4.78, 5) is 11.3. The van der Waals surface area contributed by atoms with Crippen molar-refractivity contribution in [1.82, 2.24) is 5.32 Å². The fourth-order valence-electron chi connectivity index (χ4n) is 1.69. The van der Waals surface area contributed by atoms with Crippen LogP contribution >= 0.6 is 0 Å². The molecule has 0 aliphatic heterocycles. The van der Waals surface area contributed by atoms with Gasteiger partial charge in [-0.25, -0.2) is 4.39 Å². The monoisotopic (exact) mass is 283 g/mol. The first-order valence-electron chi connectivity index (χ1n) is 6.42. The second-order valence-electron chi connectivity index (χ2n) is 5.86. The quantitative estimate of drug-likeness (QED) is 0.843. The van der Waals surface area contributed by atoms with E-state index in [9.17, 15) is 14.3 Å². The molecule has 112 valence electrons. The second kappa shape index (κ2) is 5.79. The summed E-state index contributed by atoms with van der Waals surface area (Å²) in [6.07, 6.45) is 0. The zero-order chi connectivity index (χ0) is 15.6. The lowest BCUT2D eigenvalue weighted by atomic mass is 9.74. The molecule has 5 heteroatoms. The summed E-state index contributed by atoms with van der Waals surface area (Å²) in [6.45, 7) is 7.26. The molecular formula is C15H22FNO3. The van der Waals surface area contributed by atoms with Gasteiger partial charge >= 0.3 is 5.97 Å². The Morgan fingerprint density at radius 3 is 2.45 bits per heavy atom. The number of nitrogens with one attached hydrogen (secondary N) is 1. The number of methoxy groups -OCH3 is 1. The summed E-state index contributed by atoms with van der Waals surface area (Å²) in [5, 5.41) is 12.5. The average Bonchev–Trinajstić information content (AvgIpc) is 2.36. The molecule has 1 aromatic rings. The number of ether oxygens (including phenoxy) is 1. The van der Waals surface area contributed by atoms with Gasteiger partial charge in [0.25, 0.3) is 0 Å². The van der Waals surface area contributed by atoms with Crippen molar-refractivity contribution in [2.45, 2.75) is 39.8 Å². The van der Waals surface area contributed by atoms with E-state index in [1.54, 1.807) is 19.9 Å². The van der Waals surface area contributed by atoms with Gasteiger partial charge in [0, 0.05) is 17.6 Å².